The van der Waals surface area contributed by atoms with Gasteiger partial charge in [-0.15, -0.1) is 0 Å². The Hall–Kier alpha value is -2.49. The largest absolute Gasteiger partial charge is 0.478 e. The molecular weight excluding hydrogens is 233 g/mol. The zero-order chi connectivity index (χ0) is 13.0. The van der Waals surface area contributed by atoms with Gasteiger partial charge >= 0.3 is 5.97 Å². The Labute approximate surface area is 103 Å². The number of carboxylic acid groups (broad SMARTS) is 1. The molecule has 0 atom stereocenters. The van der Waals surface area contributed by atoms with Gasteiger partial charge in [0.2, 0.25) is 0 Å². The van der Waals surface area contributed by atoms with Crippen LogP contribution >= 0.6 is 0 Å². The number of hydrogen-bond acceptors (Lipinski definition) is 2. The van der Waals surface area contributed by atoms with Gasteiger partial charge in [0.1, 0.15) is 5.82 Å². The van der Waals surface area contributed by atoms with Crippen molar-refractivity contribution in [3.63, 3.8) is 0 Å². The van der Waals surface area contributed by atoms with E-state index >= 15 is 0 Å². The van der Waals surface area contributed by atoms with E-state index in [1.807, 2.05) is 0 Å². The Bertz CT molecular complexity index is 577. The summed E-state index contributed by atoms with van der Waals surface area (Å²) in [6.45, 7) is 0. The lowest BCUT2D eigenvalue weighted by Crippen LogP contribution is -1.99. The number of benzene rings is 1. The third kappa shape index (κ3) is 2.79. The molecule has 90 valence electrons. The maximum absolute atomic E-state index is 12.8. The van der Waals surface area contributed by atoms with Gasteiger partial charge in [-0.3, -0.25) is 4.98 Å². The zero-order valence-corrected chi connectivity index (χ0v) is 9.38. The second kappa shape index (κ2) is 5.23. The molecule has 0 amide bonds. The van der Waals surface area contributed by atoms with E-state index in [1.54, 1.807) is 24.5 Å². The summed E-state index contributed by atoms with van der Waals surface area (Å²) in [5.74, 6) is -1.46. The SMILES string of the molecule is O=C(O)/C(=C/c1cccnc1)c1ccc(F)cc1. The van der Waals surface area contributed by atoms with E-state index in [1.165, 1.54) is 30.3 Å². The van der Waals surface area contributed by atoms with Gasteiger partial charge in [-0.2, -0.15) is 0 Å². The lowest BCUT2D eigenvalue weighted by molar-refractivity contribution is -0.130. The van der Waals surface area contributed by atoms with Gasteiger partial charge in [0, 0.05) is 12.4 Å². The highest BCUT2D eigenvalue weighted by Crippen LogP contribution is 2.18. The minimum Gasteiger partial charge on any atom is -0.478 e. The second-order valence-electron chi connectivity index (χ2n) is 3.66. The number of aromatic nitrogens is 1. The highest BCUT2D eigenvalue weighted by molar-refractivity contribution is 6.20. The number of halogens is 1. The van der Waals surface area contributed by atoms with E-state index in [-0.39, 0.29) is 5.57 Å². The van der Waals surface area contributed by atoms with Crippen LogP contribution in [0, 0.1) is 5.82 Å². The minimum atomic E-state index is -1.06. The molecule has 2 aromatic rings. The van der Waals surface area contributed by atoms with Crippen molar-refractivity contribution in [3.05, 3.63) is 65.7 Å². The third-order valence-corrected chi connectivity index (χ3v) is 2.38. The molecule has 0 aliphatic rings. The predicted octanol–water partition coefficient (Wildman–Crippen LogP) is 2.85. The minimum absolute atomic E-state index is 0.100. The second-order valence-corrected chi connectivity index (χ2v) is 3.66. The summed E-state index contributed by atoms with van der Waals surface area (Å²) in [5.41, 5.74) is 1.23. The normalized spacial score (nSPS) is 11.3. The molecule has 0 radical (unpaired) electrons. The van der Waals surface area contributed by atoms with Gasteiger partial charge in [0.05, 0.1) is 5.57 Å². The van der Waals surface area contributed by atoms with Crippen molar-refractivity contribution in [1.82, 2.24) is 4.98 Å². The van der Waals surface area contributed by atoms with Crippen LogP contribution in [0.15, 0.2) is 48.8 Å². The molecule has 0 aliphatic heterocycles. The molecule has 0 spiro atoms. The van der Waals surface area contributed by atoms with E-state index < -0.39 is 11.8 Å². The van der Waals surface area contributed by atoms with Crippen LogP contribution in [0.2, 0.25) is 0 Å². The van der Waals surface area contributed by atoms with Gasteiger partial charge in [0.25, 0.3) is 0 Å². The maximum atomic E-state index is 12.8. The molecule has 1 heterocycles. The summed E-state index contributed by atoms with van der Waals surface area (Å²) < 4.78 is 12.8. The van der Waals surface area contributed by atoms with Crippen LogP contribution < -0.4 is 0 Å². The smallest absolute Gasteiger partial charge is 0.336 e. The van der Waals surface area contributed by atoms with Crippen molar-refractivity contribution < 1.29 is 14.3 Å². The lowest BCUT2D eigenvalue weighted by atomic mass is 10.0. The van der Waals surface area contributed by atoms with Crippen LogP contribution in [-0.4, -0.2) is 16.1 Å². The molecule has 0 saturated carbocycles. The molecular formula is C14H10FNO2. The van der Waals surface area contributed by atoms with Crippen LogP contribution in [-0.2, 0) is 4.79 Å². The van der Waals surface area contributed by atoms with E-state index in [9.17, 15) is 14.3 Å². The Morgan fingerprint density at radius 3 is 2.50 bits per heavy atom. The molecule has 3 nitrogen and oxygen atoms in total. The summed E-state index contributed by atoms with van der Waals surface area (Å²) >= 11 is 0. The average Bonchev–Trinajstić information content (AvgIpc) is 2.38. The summed E-state index contributed by atoms with van der Waals surface area (Å²) in [7, 11) is 0. The molecule has 0 bridgehead atoms. The quantitative estimate of drug-likeness (QED) is 0.843. The standard InChI is InChI=1S/C14H10FNO2/c15-12-5-3-11(4-6-12)13(14(17)18)8-10-2-1-7-16-9-10/h1-9H,(H,17,18)/b13-8+. The third-order valence-electron chi connectivity index (χ3n) is 2.38. The Kier molecular flexibility index (Phi) is 3.48. The van der Waals surface area contributed by atoms with Crippen LogP contribution in [0.25, 0.3) is 11.6 Å². The number of carboxylic acids is 1. The molecule has 2 rings (SSSR count). The molecule has 0 saturated heterocycles. The number of nitrogens with zero attached hydrogens (tertiary/aromatic N) is 1. The van der Waals surface area contributed by atoms with Crippen LogP contribution in [0.4, 0.5) is 4.39 Å². The molecule has 0 unspecified atom stereocenters. The highest BCUT2D eigenvalue weighted by atomic mass is 19.1. The molecule has 4 heteroatoms. The summed E-state index contributed by atoms with van der Waals surface area (Å²) in [4.78, 5) is 15.1. The zero-order valence-electron chi connectivity index (χ0n) is 9.38. The van der Waals surface area contributed by atoms with E-state index in [4.69, 9.17) is 0 Å². The summed E-state index contributed by atoms with van der Waals surface area (Å²) in [6, 6.07) is 8.80. The molecule has 1 aromatic heterocycles. The highest BCUT2D eigenvalue weighted by Gasteiger charge is 2.10. The monoisotopic (exact) mass is 243 g/mol. The first kappa shape index (κ1) is 12.0. The van der Waals surface area contributed by atoms with E-state index in [2.05, 4.69) is 4.98 Å². The first-order valence-electron chi connectivity index (χ1n) is 5.28. The lowest BCUT2D eigenvalue weighted by Gasteiger charge is -2.03. The van der Waals surface area contributed by atoms with Crippen molar-refractivity contribution in [2.75, 3.05) is 0 Å². The topological polar surface area (TPSA) is 50.2 Å². The van der Waals surface area contributed by atoms with Crippen LogP contribution in [0.1, 0.15) is 11.1 Å². The number of carbonyl (C=O) groups is 1. The summed E-state index contributed by atoms with van der Waals surface area (Å²) in [5, 5.41) is 9.17. The first-order valence-corrected chi connectivity index (χ1v) is 5.28. The van der Waals surface area contributed by atoms with Gasteiger partial charge in [0.15, 0.2) is 0 Å². The van der Waals surface area contributed by atoms with E-state index in [0.717, 1.165) is 0 Å². The molecule has 0 fully saturated rings. The van der Waals surface area contributed by atoms with Crippen LogP contribution in [0.5, 0.6) is 0 Å². The van der Waals surface area contributed by atoms with Crippen molar-refractivity contribution in [1.29, 1.82) is 0 Å². The maximum Gasteiger partial charge on any atom is 0.336 e. The fourth-order valence-corrected chi connectivity index (χ4v) is 1.53. The van der Waals surface area contributed by atoms with Crippen molar-refractivity contribution in [2.45, 2.75) is 0 Å². The fourth-order valence-electron chi connectivity index (χ4n) is 1.53. The molecule has 0 aliphatic carbocycles. The van der Waals surface area contributed by atoms with Gasteiger partial charge in [-0.25, -0.2) is 9.18 Å². The fraction of sp³-hybridized carbons (Fsp3) is 0. The van der Waals surface area contributed by atoms with Crippen molar-refractivity contribution in [3.8, 4) is 0 Å². The Morgan fingerprint density at radius 1 is 1.22 bits per heavy atom. The van der Waals surface area contributed by atoms with Crippen molar-refractivity contribution in [2.24, 2.45) is 0 Å². The number of pyridine rings is 1. The molecule has 1 aromatic carbocycles. The number of aliphatic carboxylic acids is 1. The average molecular weight is 243 g/mol. The number of rotatable bonds is 3. The van der Waals surface area contributed by atoms with Crippen LogP contribution in [0.3, 0.4) is 0 Å². The van der Waals surface area contributed by atoms with Gasteiger partial charge in [-0.1, -0.05) is 18.2 Å². The van der Waals surface area contributed by atoms with Gasteiger partial charge < -0.3 is 5.11 Å². The van der Waals surface area contributed by atoms with E-state index in [0.29, 0.717) is 11.1 Å². The molecule has 18 heavy (non-hydrogen) atoms. The first-order chi connectivity index (χ1) is 8.66. The summed E-state index contributed by atoms with van der Waals surface area (Å²) in [6.07, 6.45) is 4.67. The number of hydrogen-bond donors (Lipinski definition) is 1. The Morgan fingerprint density at radius 2 is 1.94 bits per heavy atom. The van der Waals surface area contributed by atoms with Crippen molar-refractivity contribution >= 4 is 17.6 Å². The van der Waals surface area contributed by atoms with Gasteiger partial charge in [-0.05, 0) is 35.4 Å². The Balaban J connectivity index is 2.44. The molecule has 1 N–H and O–H groups in total. The predicted molar refractivity (Wildman–Crippen MR) is 66.1 cm³/mol.